The zero-order valence-electron chi connectivity index (χ0n) is 9.79. The largest absolute Gasteiger partial charge is 0.439 e. The van der Waals surface area contributed by atoms with E-state index in [9.17, 15) is 0 Å². The van der Waals surface area contributed by atoms with Crippen molar-refractivity contribution in [2.75, 3.05) is 24.7 Å². The topological polar surface area (TPSA) is 64.3 Å². The van der Waals surface area contributed by atoms with Crippen LogP contribution in [0.3, 0.4) is 0 Å². The Morgan fingerprint density at radius 2 is 2.00 bits per heavy atom. The zero-order valence-corrected chi connectivity index (χ0v) is 9.79. The van der Waals surface area contributed by atoms with Gasteiger partial charge in [-0.3, -0.25) is 0 Å². The number of nitrogen functional groups attached to an aromatic ring is 1. The molecule has 0 bridgehead atoms. The Kier molecular flexibility index (Phi) is 3.09. The number of benzene rings is 1. The summed E-state index contributed by atoms with van der Waals surface area (Å²) in [6.07, 6.45) is 1.38. The number of anilines is 2. The van der Waals surface area contributed by atoms with Gasteiger partial charge >= 0.3 is 0 Å². The van der Waals surface area contributed by atoms with E-state index < -0.39 is 0 Å². The predicted octanol–water partition coefficient (Wildman–Crippen LogP) is 1.92. The van der Waals surface area contributed by atoms with Crippen molar-refractivity contribution < 1.29 is 4.74 Å². The molecule has 0 aliphatic carbocycles. The fourth-order valence-corrected chi connectivity index (χ4v) is 1.36. The van der Waals surface area contributed by atoms with Gasteiger partial charge in [-0.15, -0.1) is 0 Å². The van der Waals surface area contributed by atoms with E-state index in [0.717, 1.165) is 5.69 Å². The molecule has 2 N–H and O–H groups in total. The Morgan fingerprint density at radius 1 is 1.18 bits per heavy atom. The molecule has 5 heteroatoms. The molecule has 0 aliphatic rings. The third-order valence-electron chi connectivity index (χ3n) is 2.22. The van der Waals surface area contributed by atoms with E-state index in [-0.39, 0.29) is 0 Å². The highest BCUT2D eigenvalue weighted by Crippen LogP contribution is 2.24. The first-order valence-corrected chi connectivity index (χ1v) is 5.18. The van der Waals surface area contributed by atoms with Crippen LogP contribution in [-0.4, -0.2) is 24.1 Å². The van der Waals surface area contributed by atoms with Gasteiger partial charge in [0.1, 0.15) is 17.9 Å². The fraction of sp³-hybridized carbons (Fsp3) is 0.167. The van der Waals surface area contributed by atoms with Crippen molar-refractivity contribution in [3.63, 3.8) is 0 Å². The quantitative estimate of drug-likeness (QED) is 0.872. The van der Waals surface area contributed by atoms with E-state index in [4.69, 9.17) is 10.5 Å². The van der Waals surface area contributed by atoms with Crippen LogP contribution >= 0.6 is 0 Å². The van der Waals surface area contributed by atoms with Crippen LogP contribution in [0.15, 0.2) is 36.7 Å². The number of nitrogens with zero attached hydrogens (tertiary/aromatic N) is 3. The maximum Gasteiger partial charge on any atom is 0.224 e. The van der Waals surface area contributed by atoms with Crippen molar-refractivity contribution in [3.8, 4) is 11.6 Å². The molecular formula is C12H14N4O. The Balaban J connectivity index is 2.21. The molecule has 1 aromatic heterocycles. The van der Waals surface area contributed by atoms with Gasteiger partial charge in [-0.2, -0.15) is 0 Å². The van der Waals surface area contributed by atoms with Crippen molar-refractivity contribution in [3.05, 3.63) is 36.7 Å². The summed E-state index contributed by atoms with van der Waals surface area (Å²) in [5, 5.41) is 0. The highest BCUT2D eigenvalue weighted by Gasteiger charge is 2.02. The van der Waals surface area contributed by atoms with Crippen molar-refractivity contribution in [2.45, 2.75) is 0 Å². The van der Waals surface area contributed by atoms with Crippen molar-refractivity contribution in [2.24, 2.45) is 0 Å². The minimum atomic E-state index is 0.388. The lowest BCUT2D eigenvalue weighted by atomic mass is 10.3. The molecule has 0 unspecified atom stereocenters. The molecule has 5 nitrogen and oxygen atoms in total. The molecule has 17 heavy (non-hydrogen) atoms. The van der Waals surface area contributed by atoms with Crippen LogP contribution in [0.5, 0.6) is 11.6 Å². The Labute approximate surface area is 99.9 Å². The highest BCUT2D eigenvalue weighted by molar-refractivity contribution is 5.50. The van der Waals surface area contributed by atoms with Gasteiger partial charge in [-0.1, -0.05) is 6.07 Å². The van der Waals surface area contributed by atoms with Crippen LogP contribution in [-0.2, 0) is 0 Å². The summed E-state index contributed by atoms with van der Waals surface area (Å²) in [5.74, 6) is 1.54. The third-order valence-corrected chi connectivity index (χ3v) is 2.22. The van der Waals surface area contributed by atoms with Crippen LogP contribution in [0.1, 0.15) is 0 Å². The SMILES string of the molecule is CN(C)c1cccc(Oc2cc(N)ncn2)c1. The van der Waals surface area contributed by atoms with Crippen molar-refractivity contribution >= 4 is 11.5 Å². The molecule has 0 atom stereocenters. The monoisotopic (exact) mass is 230 g/mol. The summed E-state index contributed by atoms with van der Waals surface area (Å²) < 4.78 is 5.59. The predicted molar refractivity (Wildman–Crippen MR) is 67.3 cm³/mol. The Bertz CT molecular complexity index is 513. The number of aromatic nitrogens is 2. The van der Waals surface area contributed by atoms with Crippen molar-refractivity contribution in [1.82, 2.24) is 9.97 Å². The normalized spacial score (nSPS) is 10.0. The molecule has 0 aliphatic heterocycles. The first-order valence-electron chi connectivity index (χ1n) is 5.18. The molecule has 2 rings (SSSR count). The molecule has 1 aromatic carbocycles. The highest BCUT2D eigenvalue weighted by atomic mass is 16.5. The van der Waals surface area contributed by atoms with Crippen molar-refractivity contribution in [1.29, 1.82) is 0 Å². The van der Waals surface area contributed by atoms with Gasteiger partial charge in [0.15, 0.2) is 0 Å². The van der Waals surface area contributed by atoms with Crippen LogP contribution in [0.25, 0.3) is 0 Å². The zero-order chi connectivity index (χ0) is 12.3. The summed E-state index contributed by atoms with van der Waals surface area (Å²) in [6.45, 7) is 0. The molecule has 1 heterocycles. The van der Waals surface area contributed by atoms with Crippen LogP contribution in [0.2, 0.25) is 0 Å². The molecule has 2 aromatic rings. The number of nitrogens with two attached hydrogens (primary N) is 1. The van der Waals surface area contributed by atoms with Gasteiger partial charge in [0.05, 0.1) is 0 Å². The number of hydrogen-bond donors (Lipinski definition) is 1. The fourth-order valence-electron chi connectivity index (χ4n) is 1.36. The number of rotatable bonds is 3. The van der Waals surface area contributed by atoms with Gasteiger partial charge in [-0.05, 0) is 12.1 Å². The van der Waals surface area contributed by atoms with E-state index in [1.807, 2.05) is 43.3 Å². The van der Waals surface area contributed by atoms with Gasteiger partial charge in [0.2, 0.25) is 5.88 Å². The Hall–Kier alpha value is -2.30. The minimum absolute atomic E-state index is 0.388. The third kappa shape index (κ3) is 2.84. The molecule has 0 radical (unpaired) electrons. The first-order chi connectivity index (χ1) is 8.15. The molecule has 88 valence electrons. The summed E-state index contributed by atoms with van der Waals surface area (Å²) in [7, 11) is 3.95. The van der Waals surface area contributed by atoms with Gasteiger partial charge in [0.25, 0.3) is 0 Å². The lowest BCUT2D eigenvalue weighted by Crippen LogP contribution is -2.08. The Morgan fingerprint density at radius 3 is 2.71 bits per heavy atom. The van der Waals surface area contributed by atoms with E-state index in [1.165, 1.54) is 6.33 Å². The summed E-state index contributed by atoms with van der Waals surface area (Å²) >= 11 is 0. The lowest BCUT2D eigenvalue weighted by molar-refractivity contribution is 0.462. The lowest BCUT2D eigenvalue weighted by Gasteiger charge is -2.13. The summed E-state index contributed by atoms with van der Waals surface area (Å²) in [5.41, 5.74) is 6.61. The average Bonchev–Trinajstić information content (AvgIpc) is 2.29. The second-order valence-electron chi connectivity index (χ2n) is 3.77. The van der Waals surface area contributed by atoms with Crippen LogP contribution < -0.4 is 15.4 Å². The van der Waals surface area contributed by atoms with E-state index in [2.05, 4.69) is 9.97 Å². The molecule has 0 saturated carbocycles. The molecular weight excluding hydrogens is 216 g/mol. The van der Waals surface area contributed by atoms with Gasteiger partial charge < -0.3 is 15.4 Å². The van der Waals surface area contributed by atoms with E-state index in [0.29, 0.717) is 17.4 Å². The number of hydrogen-bond acceptors (Lipinski definition) is 5. The van der Waals surface area contributed by atoms with E-state index in [1.54, 1.807) is 6.07 Å². The molecule has 0 saturated heterocycles. The second kappa shape index (κ2) is 4.69. The molecule has 0 spiro atoms. The van der Waals surface area contributed by atoms with Crippen LogP contribution in [0, 0.1) is 0 Å². The average molecular weight is 230 g/mol. The van der Waals surface area contributed by atoms with E-state index >= 15 is 0 Å². The van der Waals surface area contributed by atoms with Gasteiger partial charge in [-0.25, -0.2) is 9.97 Å². The minimum Gasteiger partial charge on any atom is -0.439 e. The number of ether oxygens (including phenoxy) is 1. The summed E-state index contributed by atoms with van der Waals surface area (Å²) in [6, 6.07) is 9.31. The first kappa shape index (κ1) is 11.2. The van der Waals surface area contributed by atoms with Crippen LogP contribution in [0.4, 0.5) is 11.5 Å². The molecule has 0 fully saturated rings. The molecule has 0 amide bonds. The smallest absolute Gasteiger partial charge is 0.224 e. The second-order valence-corrected chi connectivity index (χ2v) is 3.77. The maximum atomic E-state index is 5.59. The standard InChI is InChI=1S/C12H14N4O/c1-16(2)9-4-3-5-10(6-9)17-12-7-11(13)14-8-15-12/h3-8H,1-2H3,(H2,13,14,15). The summed E-state index contributed by atoms with van der Waals surface area (Å²) in [4.78, 5) is 9.79. The maximum absolute atomic E-state index is 5.59. The van der Waals surface area contributed by atoms with Gasteiger partial charge in [0, 0.05) is 31.9 Å².